The van der Waals surface area contributed by atoms with E-state index in [0.29, 0.717) is 24.0 Å². The summed E-state index contributed by atoms with van der Waals surface area (Å²) < 4.78 is 13.6. The first kappa shape index (κ1) is 21.5. The third-order valence-electron chi connectivity index (χ3n) is 4.34. The van der Waals surface area contributed by atoms with Crippen molar-refractivity contribution in [3.8, 4) is 0 Å². The fourth-order valence-corrected chi connectivity index (χ4v) is 2.78. The van der Waals surface area contributed by atoms with Crippen LogP contribution < -0.4 is 9.80 Å². The maximum atomic E-state index is 13.6. The zero-order chi connectivity index (χ0) is 20.5. The van der Waals surface area contributed by atoms with Crippen molar-refractivity contribution in [2.45, 2.75) is 40.5 Å². The van der Waals surface area contributed by atoms with Crippen molar-refractivity contribution in [2.24, 2.45) is 4.99 Å². The maximum Gasteiger partial charge on any atom is 0.258 e. The summed E-state index contributed by atoms with van der Waals surface area (Å²) in [5.41, 5.74) is 0.790. The highest BCUT2D eigenvalue weighted by Crippen LogP contribution is 2.29. The lowest BCUT2D eigenvalue weighted by molar-refractivity contribution is 0.0988. The zero-order valence-corrected chi connectivity index (χ0v) is 17.0. The fraction of sp³-hybridized carbons (Fsp3) is 0.429. The van der Waals surface area contributed by atoms with Crippen LogP contribution in [0.2, 0.25) is 0 Å². The molecule has 1 heterocycles. The van der Waals surface area contributed by atoms with E-state index in [-0.39, 0.29) is 11.5 Å². The summed E-state index contributed by atoms with van der Waals surface area (Å²) in [5, 5.41) is 0. The van der Waals surface area contributed by atoms with Crippen LogP contribution in [0.5, 0.6) is 0 Å². The number of benzene rings is 1. The number of unbranched alkanes of at least 4 members (excludes halogenated alkanes) is 1. The third-order valence-corrected chi connectivity index (χ3v) is 4.34. The summed E-state index contributed by atoms with van der Waals surface area (Å²) in [5.74, 6) is 0.257. The number of hydrogen-bond donors (Lipinski definition) is 0. The first-order valence-electron chi connectivity index (χ1n) is 9.77. The maximum absolute atomic E-state index is 13.6. The molecule has 0 aliphatic heterocycles. The minimum atomic E-state index is -0.448. The molecule has 0 saturated heterocycles. The Hall–Kier alpha value is -2.83. The first-order chi connectivity index (χ1) is 13.5. The molecule has 0 saturated carbocycles. The standard InChI is InChI=1S/C21H28FN5O/c1-5-9-13-23-19-18(15-24-21(25-19)26(6-2)7-3)27(8-4)20(28)16-11-10-12-17(22)14-16/h10-15H,5-9H2,1-4H3. The second-order valence-corrected chi connectivity index (χ2v) is 6.21. The van der Waals surface area contributed by atoms with Crippen LogP contribution in [0.4, 0.5) is 21.8 Å². The van der Waals surface area contributed by atoms with E-state index in [1.165, 1.54) is 23.1 Å². The van der Waals surface area contributed by atoms with Gasteiger partial charge in [0.1, 0.15) is 11.5 Å². The molecule has 1 aromatic carbocycles. The Balaban J connectivity index is 2.48. The Morgan fingerprint density at radius 2 is 1.93 bits per heavy atom. The van der Waals surface area contributed by atoms with Crippen LogP contribution in [0.15, 0.2) is 35.5 Å². The summed E-state index contributed by atoms with van der Waals surface area (Å²) in [7, 11) is 0. The Bertz CT molecular complexity index is 820. The Morgan fingerprint density at radius 3 is 2.54 bits per heavy atom. The predicted molar refractivity (Wildman–Crippen MR) is 112 cm³/mol. The summed E-state index contributed by atoms with van der Waals surface area (Å²) in [6.07, 6.45) is 5.21. The lowest BCUT2D eigenvalue weighted by atomic mass is 10.2. The predicted octanol–water partition coefficient (Wildman–Crippen LogP) is 4.63. The second-order valence-electron chi connectivity index (χ2n) is 6.21. The van der Waals surface area contributed by atoms with Crippen LogP contribution >= 0.6 is 0 Å². The van der Waals surface area contributed by atoms with E-state index in [9.17, 15) is 9.18 Å². The van der Waals surface area contributed by atoms with Crippen LogP contribution in [0, 0.1) is 5.82 Å². The molecule has 28 heavy (non-hydrogen) atoms. The van der Waals surface area contributed by atoms with Gasteiger partial charge in [0.05, 0.1) is 6.20 Å². The summed E-state index contributed by atoms with van der Waals surface area (Å²) in [4.78, 5) is 30.1. The zero-order valence-electron chi connectivity index (χ0n) is 17.0. The Labute approximate surface area is 166 Å². The average molecular weight is 385 g/mol. The van der Waals surface area contributed by atoms with Crippen molar-refractivity contribution in [3.05, 3.63) is 41.8 Å². The van der Waals surface area contributed by atoms with Crippen LogP contribution in [0.25, 0.3) is 0 Å². The molecule has 0 fully saturated rings. The van der Waals surface area contributed by atoms with E-state index in [2.05, 4.69) is 21.9 Å². The van der Waals surface area contributed by atoms with Crippen molar-refractivity contribution >= 4 is 29.6 Å². The van der Waals surface area contributed by atoms with Crippen LogP contribution in [0.3, 0.4) is 0 Å². The number of hydrogen-bond acceptors (Lipinski definition) is 5. The highest BCUT2D eigenvalue weighted by atomic mass is 19.1. The lowest BCUT2D eigenvalue weighted by Gasteiger charge is -2.24. The van der Waals surface area contributed by atoms with Crippen LogP contribution in [-0.4, -0.2) is 41.7 Å². The number of aromatic nitrogens is 2. The number of halogens is 1. The quantitative estimate of drug-likeness (QED) is 0.591. The van der Waals surface area contributed by atoms with Crippen molar-refractivity contribution in [1.29, 1.82) is 0 Å². The Morgan fingerprint density at radius 1 is 1.18 bits per heavy atom. The van der Waals surface area contributed by atoms with E-state index in [1.54, 1.807) is 18.5 Å². The normalized spacial score (nSPS) is 11.0. The van der Waals surface area contributed by atoms with Gasteiger partial charge in [-0.05, 0) is 45.4 Å². The van der Waals surface area contributed by atoms with Crippen molar-refractivity contribution in [2.75, 3.05) is 29.4 Å². The van der Waals surface area contributed by atoms with Gasteiger partial charge in [0, 0.05) is 31.4 Å². The van der Waals surface area contributed by atoms with Gasteiger partial charge in [-0.2, -0.15) is 4.98 Å². The van der Waals surface area contributed by atoms with Crippen molar-refractivity contribution in [1.82, 2.24) is 9.97 Å². The smallest absolute Gasteiger partial charge is 0.258 e. The monoisotopic (exact) mass is 385 g/mol. The molecule has 0 aliphatic carbocycles. The third kappa shape index (κ3) is 5.12. The summed E-state index contributed by atoms with van der Waals surface area (Å²) in [6, 6.07) is 5.67. The minimum absolute atomic E-state index is 0.276. The molecule has 2 rings (SSSR count). The topological polar surface area (TPSA) is 61.7 Å². The average Bonchev–Trinajstić information content (AvgIpc) is 2.71. The number of carbonyl (C=O) groups is 1. The van der Waals surface area contributed by atoms with Crippen molar-refractivity contribution < 1.29 is 9.18 Å². The molecule has 0 spiro atoms. The molecular weight excluding hydrogens is 357 g/mol. The molecule has 1 amide bonds. The van der Waals surface area contributed by atoms with E-state index in [1.807, 2.05) is 25.7 Å². The van der Waals surface area contributed by atoms with Gasteiger partial charge in [0.15, 0.2) is 5.82 Å². The van der Waals surface area contributed by atoms with E-state index in [4.69, 9.17) is 0 Å². The van der Waals surface area contributed by atoms with Gasteiger partial charge in [-0.15, -0.1) is 0 Å². The van der Waals surface area contributed by atoms with Gasteiger partial charge in [0.25, 0.3) is 5.91 Å². The molecule has 0 atom stereocenters. The lowest BCUT2D eigenvalue weighted by Crippen LogP contribution is -2.31. The van der Waals surface area contributed by atoms with Gasteiger partial charge >= 0.3 is 0 Å². The fourth-order valence-electron chi connectivity index (χ4n) is 2.78. The number of amides is 1. The molecular formula is C21H28FN5O. The molecule has 7 heteroatoms. The van der Waals surface area contributed by atoms with E-state index in [0.717, 1.165) is 25.9 Å². The molecule has 0 N–H and O–H groups in total. The molecule has 0 aliphatic rings. The molecule has 0 bridgehead atoms. The molecule has 2 aromatic rings. The number of anilines is 2. The molecule has 0 radical (unpaired) electrons. The van der Waals surface area contributed by atoms with Crippen molar-refractivity contribution in [3.63, 3.8) is 0 Å². The number of aliphatic imine (C=N–C) groups is 1. The second kappa shape index (κ2) is 10.5. The van der Waals surface area contributed by atoms with Crippen LogP contribution in [0.1, 0.15) is 50.9 Å². The van der Waals surface area contributed by atoms with Crippen LogP contribution in [-0.2, 0) is 0 Å². The SMILES string of the molecule is CCCC=Nc1nc(N(CC)CC)ncc1N(CC)C(=O)c1cccc(F)c1. The highest BCUT2D eigenvalue weighted by molar-refractivity contribution is 6.07. The first-order valence-corrected chi connectivity index (χ1v) is 9.77. The molecule has 0 unspecified atom stereocenters. The number of rotatable bonds is 9. The molecule has 6 nitrogen and oxygen atoms in total. The number of carbonyl (C=O) groups excluding carboxylic acids is 1. The highest BCUT2D eigenvalue weighted by Gasteiger charge is 2.21. The molecule has 150 valence electrons. The van der Waals surface area contributed by atoms with Gasteiger partial charge in [-0.1, -0.05) is 19.4 Å². The summed E-state index contributed by atoms with van der Waals surface area (Å²) >= 11 is 0. The van der Waals surface area contributed by atoms with Gasteiger partial charge in [-0.25, -0.2) is 14.4 Å². The van der Waals surface area contributed by atoms with E-state index < -0.39 is 5.82 Å². The largest absolute Gasteiger partial charge is 0.341 e. The summed E-state index contributed by atoms with van der Waals surface area (Å²) in [6.45, 7) is 9.93. The number of nitrogens with zero attached hydrogens (tertiary/aromatic N) is 5. The van der Waals surface area contributed by atoms with E-state index >= 15 is 0 Å². The van der Waals surface area contributed by atoms with Gasteiger partial charge in [0.2, 0.25) is 5.95 Å². The van der Waals surface area contributed by atoms with Gasteiger partial charge < -0.3 is 9.80 Å². The Kier molecular flexibility index (Phi) is 8.04. The molecule has 1 aromatic heterocycles. The van der Waals surface area contributed by atoms with Gasteiger partial charge in [-0.3, -0.25) is 4.79 Å². The minimum Gasteiger partial charge on any atom is -0.341 e.